The minimum Gasteiger partial charge on any atom is -0.397 e. The van der Waals surface area contributed by atoms with E-state index in [4.69, 9.17) is 5.73 Å². The molecule has 25 heavy (non-hydrogen) atoms. The van der Waals surface area contributed by atoms with Crippen LogP contribution < -0.4 is 11.1 Å². The van der Waals surface area contributed by atoms with Gasteiger partial charge in [0.1, 0.15) is 0 Å². The molecule has 134 valence electrons. The Kier molecular flexibility index (Phi) is 4.26. The molecule has 2 unspecified atom stereocenters. The van der Waals surface area contributed by atoms with Crippen molar-refractivity contribution in [2.24, 2.45) is 11.8 Å². The lowest BCUT2D eigenvalue weighted by molar-refractivity contribution is 0.129. The fraction of sp³-hybridized carbons (Fsp3) is 0.545. The van der Waals surface area contributed by atoms with E-state index in [9.17, 15) is 0 Å². The second-order valence-electron chi connectivity index (χ2n) is 8.29. The average Bonchev–Trinajstić information content (AvgIpc) is 2.54. The molecule has 0 radical (unpaired) electrons. The molecule has 4 aliphatic rings. The van der Waals surface area contributed by atoms with Gasteiger partial charge in [-0.1, -0.05) is 24.3 Å². The number of nitrogens with zero attached hydrogens (tertiary/aromatic N) is 1. The van der Waals surface area contributed by atoms with Crippen molar-refractivity contribution in [1.29, 1.82) is 0 Å². The topological polar surface area (TPSA) is 41.3 Å². The number of para-hydroxylation sites is 2. The van der Waals surface area contributed by atoms with Crippen molar-refractivity contribution in [3.05, 3.63) is 48.2 Å². The van der Waals surface area contributed by atoms with Crippen molar-refractivity contribution >= 4 is 11.4 Å². The molecule has 1 aromatic rings. The predicted molar refractivity (Wildman–Crippen MR) is 106 cm³/mol. The molecule has 2 bridgehead atoms. The van der Waals surface area contributed by atoms with Gasteiger partial charge in [0.25, 0.3) is 0 Å². The van der Waals surface area contributed by atoms with E-state index < -0.39 is 0 Å². The number of hydrogen-bond donors (Lipinski definition) is 2. The number of benzene rings is 1. The summed E-state index contributed by atoms with van der Waals surface area (Å²) in [6, 6.07) is 9.74. The number of nitrogens with two attached hydrogens (primary N) is 1. The van der Waals surface area contributed by atoms with Crippen LogP contribution in [0.25, 0.3) is 0 Å². The summed E-state index contributed by atoms with van der Waals surface area (Å²) in [5.41, 5.74) is 11.1. The van der Waals surface area contributed by atoms with Gasteiger partial charge >= 0.3 is 0 Å². The molecule has 3 aliphatic carbocycles. The van der Waals surface area contributed by atoms with Crippen molar-refractivity contribution in [2.75, 3.05) is 11.1 Å². The third kappa shape index (κ3) is 2.94. The van der Waals surface area contributed by atoms with Gasteiger partial charge in [0, 0.05) is 30.0 Å². The van der Waals surface area contributed by atoms with E-state index in [1.807, 2.05) is 18.2 Å². The Morgan fingerprint density at radius 2 is 2.08 bits per heavy atom. The second-order valence-corrected chi connectivity index (χ2v) is 8.29. The summed E-state index contributed by atoms with van der Waals surface area (Å²) in [7, 11) is 0. The molecule has 3 saturated carbocycles. The first-order chi connectivity index (χ1) is 12.0. The lowest BCUT2D eigenvalue weighted by atomic mass is 9.49. The van der Waals surface area contributed by atoms with Crippen LogP contribution in [0, 0.1) is 11.8 Å². The number of nitrogens with one attached hydrogen (secondary N) is 1. The largest absolute Gasteiger partial charge is 0.397 e. The lowest BCUT2D eigenvalue weighted by Crippen LogP contribution is -2.49. The molecule has 0 spiro atoms. The summed E-state index contributed by atoms with van der Waals surface area (Å²) < 4.78 is 0. The summed E-state index contributed by atoms with van der Waals surface area (Å²) >= 11 is 0. The molecule has 0 aromatic heterocycles. The normalized spacial score (nSPS) is 31.8. The first-order valence-corrected chi connectivity index (χ1v) is 9.83. The fourth-order valence-electron chi connectivity index (χ4n) is 4.80. The third-order valence-electron chi connectivity index (χ3n) is 6.55. The quantitative estimate of drug-likeness (QED) is 0.599. The van der Waals surface area contributed by atoms with E-state index in [-0.39, 0.29) is 0 Å². The molecule has 3 heteroatoms. The van der Waals surface area contributed by atoms with E-state index in [0.717, 1.165) is 17.8 Å². The van der Waals surface area contributed by atoms with E-state index in [2.05, 4.69) is 42.9 Å². The van der Waals surface area contributed by atoms with Gasteiger partial charge in [-0.05, 0) is 69.9 Å². The number of piperidine rings is 1. The summed E-state index contributed by atoms with van der Waals surface area (Å²) in [4.78, 5) is 2.66. The first-order valence-electron chi connectivity index (χ1n) is 9.83. The smallest absolute Gasteiger partial charge is 0.0575 e. The standard InChI is InChI=1S/C22H31N3/c1-14(24-22-10-5-4-9-21(22)23)11-17-8-6-7-15(2)25(17)13-20-18-12-19(20)16(18)3/h4-5,9-10,13-15,17-19,24H,3,6-8,11-12,23H2,1-2H3/t14-,15-,17-,18?,19?/m0/s1. The molecule has 5 rings (SSSR count). The van der Waals surface area contributed by atoms with Crippen LogP contribution in [0.2, 0.25) is 0 Å². The third-order valence-corrected chi connectivity index (χ3v) is 6.55. The van der Waals surface area contributed by atoms with Crippen LogP contribution in [0.5, 0.6) is 0 Å². The van der Waals surface area contributed by atoms with Gasteiger partial charge in [-0.2, -0.15) is 0 Å². The SMILES string of the molecule is C=C1C2CC1C2=CN1[C@H](C[C@H](C)Nc2ccccc2N)CCC[C@@H]1C. The molecule has 3 N–H and O–H groups in total. The van der Waals surface area contributed by atoms with Crippen molar-refractivity contribution in [1.82, 2.24) is 4.90 Å². The van der Waals surface area contributed by atoms with Gasteiger partial charge in [-0.3, -0.25) is 0 Å². The van der Waals surface area contributed by atoms with Gasteiger partial charge in [0.2, 0.25) is 0 Å². The van der Waals surface area contributed by atoms with Crippen LogP contribution in [0.15, 0.2) is 48.2 Å². The van der Waals surface area contributed by atoms with Gasteiger partial charge in [0.15, 0.2) is 0 Å². The second kappa shape index (κ2) is 6.44. The number of allylic oxidation sites excluding steroid dienone is 2. The highest BCUT2D eigenvalue weighted by molar-refractivity contribution is 5.65. The fourth-order valence-corrected chi connectivity index (χ4v) is 4.80. The molecule has 1 heterocycles. The number of nitrogen functional groups attached to an aromatic ring is 1. The van der Waals surface area contributed by atoms with Crippen molar-refractivity contribution in [3.8, 4) is 0 Å². The number of likely N-dealkylation sites (tertiary alicyclic amines) is 1. The van der Waals surface area contributed by atoms with Gasteiger partial charge < -0.3 is 16.0 Å². The highest BCUT2D eigenvalue weighted by atomic mass is 15.2. The van der Waals surface area contributed by atoms with Gasteiger partial charge in [0.05, 0.1) is 11.4 Å². The van der Waals surface area contributed by atoms with E-state index in [0.29, 0.717) is 30.0 Å². The number of rotatable bonds is 5. The monoisotopic (exact) mass is 337 g/mol. The van der Waals surface area contributed by atoms with Crippen LogP contribution >= 0.6 is 0 Å². The summed E-state index contributed by atoms with van der Waals surface area (Å²) in [6.07, 6.45) is 8.95. The summed E-state index contributed by atoms with van der Waals surface area (Å²) in [6.45, 7) is 8.86. The molecule has 4 fully saturated rings. The maximum absolute atomic E-state index is 6.09. The highest BCUT2D eigenvalue weighted by Gasteiger charge is 2.51. The average molecular weight is 338 g/mol. The Labute approximate surface area is 152 Å². The highest BCUT2D eigenvalue weighted by Crippen LogP contribution is 2.62. The zero-order valence-electron chi connectivity index (χ0n) is 15.5. The van der Waals surface area contributed by atoms with Crippen molar-refractivity contribution in [2.45, 2.75) is 64.1 Å². The molecule has 0 amide bonds. The number of anilines is 2. The Balaban J connectivity index is 1.42. The Morgan fingerprint density at radius 3 is 2.76 bits per heavy atom. The maximum Gasteiger partial charge on any atom is 0.0575 e. The minimum absolute atomic E-state index is 0.409. The van der Waals surface area contributed by atoms with Crippen LogP contribution in [-0.2, 0) is 0 Å². The molecular weight excluding hydrogens is 306 g/mol. The van der Waals surface area contributed by atoms with E-state index in [1.165, 1.54) is 31.3 Å². The Hall–Kier alpha value is -1.90. The molecular formula is C22H31N3. The number of hydrogen-bond acceptors (Lipinski definition) is 3. The van der Waals surface area contributed by atoms with Gasteiger partial charge in [-0.25, -0.2) is 0 Å². The predicted octanol–water partition coefficient (Wildman–Crippen LogP) is 4.79. The maximum atomic E-state index is 6.09. The zero-order chi connectivity index (χ0) is 17.6. The minimum atomic E-state index is 0.409. The zero-order valence-corrected chi connectivity index (χ0v) is 15.5. The molecule has 5 atom stereocenters. The molecule has 1 aromatic carbocycles. The molecule has 1 saturated heterocycles. The van der Waals surface area contributed by atoms with Crippen molar-refractivity contribution in [3.63, 3.8) is 0 Å². The van der Waals surface area contributed by atoms with Crippen LogP contribution in [-0.4, -0.2) is 23.0 Å². The first kappa shape index (κ1) is 16.6. The molecule has 3 nitrogen and oxygen atoms in total. The Morgan fingerprint density at radius 1 is 1.32 bits per heavy atom. The van der Waals surface area contributed by atoms with Gasteiger partial charge in [-0.15, -0.1) is 0 Å². The van der Waals surface area contributed by atoms with E-state index in [1.54, 1.807) is 5.57 Å². The molecule has 1 aliphatic heterocycles. The Bertz CT molecular complexity index is 678. The summed E-state index contributed by atoms with van der Waals surface area (Å²) in [5.74, 6) is 1.42. The van der Waals surface area contributed by atoms with E-state index >= 15 is 0 Å². The van der Waals surface area contributed by atoms with Crippen LogP contribution in [0.1, 0.15) is 46.0 Å². The van der Waals surface area contributed by atoms with Crippen LogP contribution in [0.4, 0.5) is 11.4 Å². The summed E-state index contributed by atoms with van der Waals surface area (Å²) in [5, 5.41) is 3.61. The van der Waals surface area contributed by atoms with Crippen LogP contribution in [0.3, 0.4) is 0 Å². The lowest BCUT2D eigenvalue weighted by Gasteiger charge is -2.57. The van der Waals surface area contributed by atoms with Crippen molar-refractivity contribution < 1.29 is 0 Å².